The number of piperidine rings is 1. The minimum absolute atomic E-state index is 0.0171. The van der Waals surface area contributed by atoms with Crippen LogP contribution in [0.15, 0.2) is 21.5 Å². The summed E-state index contributed by atoms with van der Waals surface area (Å²) in [5, 5.41) is 0. The van der Waals surface area contributed by atoms with Gasteiger partial charge in [0.05, 0.1) is 6.61 Å². The molecule has 0 bridgehead atoms. The largest absolute Gasteiger partial charge is 0.492 e. The maximum atomic E-state index is 13.1. The monoisotopic (exact) mass is 388 g/mol. The maximum Gasteiger partial charge on any atom is 0.246 e. The highest BCUT2D eigenvalue weighted by molar-refractivity contribution is 9.10. The predicted octanol–water partition coefficient (Wildman–Crippen LogP) is 2.13. The third-order valence-corrected chi connectivity index (χ3v) is 6.92. The fourth-order valence-electron chi connectivity index (χ4n) is 3.10. The fraction of sp³-hybridized carbons (Fsp3) is 0.600. The molecule has 0 aliphatic carbocycles. The molecular formula is C15H21BrN2O3S. The van der Waals surface area contributed by atoms with Crippen molar-refractivity contribution in [1.29, 1.82) is 0 Å². The van der Waals surface area contributed by atoms with E-state index in [-0.39, 0.29) is 16.4 Å². The molecule has 22 heavy (non-hydrogen) atoms. The number of ether oxygens (including phenoxy) is 1. The number of nitrogens with zero attached hydrogens (tertiary/aromatic N) is 1. The molecule has 0 aromatic heterocycles. The average molecular weight is 389 g/mol. The van der Waals surface area contributed by atoms with E-state index in [2.05, 4.69) is 15.9 Å². The summed E-state index contributed by atoms with van der Waals surface area (Å²) in [6, 6.07) is 3.58. The molecule has 2 N–H and O–H groups in total. The summed E-state index contributed by atoms with van der Waals surface area (Å²) in [5.74, 6) is 0.510. The number of rotatable bonds is 2. The minimum atomic E-state index is -3.58. The van der Waals surface area contributed by atoms with E-state index in [4.69, 9.17) is 10.5 Å². The molecule has 0 amide bonds. The first-order valence-corrected chi connectivity index (χ1v) is 9.66. The van der Waals surface area contributed by atoms with Crippen molar-refractivity contribution in [3.63, 3.8) is 0 Å². The Hall–Kier alpha value is -0.630. The highest BCUT2D eigenvalue weighted by Crippen LogP contribution is 2.39. The molecule has 0 saturated carbocycles. The highest BCUT2D eigenvalue weighted by atomic mass is 79.9. The molecule has 0 spiro atoms. The summed E-state index contributed by atoms with van der Waals surface area (Å²) < 4.78 is 34.0. The Morgan fingerprint density at radius 2 is 2.14 bits per heavy atom. The summed E-state index contributed by atoms with van der Waals surface area (Å²) in [6.07, 6.45) is 1.41. The number of benzene rings is 1. The molecule has 1 fully saturated rings. The summed E-state index contributed by atoms with van der Waals surface area (Å²) in [6.45, 7) is 5.44. The van der Waals surface area contributed by atoms with Crippen LogP contribution in [0.4, 0.5) is 0 Å². The van der Waals surface area contributed by atoms with Gasteiger partial charge in [0, 0.05) is 35.6 Å². The Morgan fingerprint density at radius 1 is 1.41 bits per heavy atom. The lowest BCUT2D eigenvalue weighted by Crippen LogP contribution is -2.53. The number of hydrogen-bond donors (Lipinski definition) is 1. The van der Waals surface area contributed by atoms with Crippen LogP contribution in [0.1, 0.15) is 25.8 Å². The van der Waals surface area contributed by atoms with Gasteiger partial charge in [-0.05, 0) is 24.0 Å². The number of fused-ring (bicyclic) bond motifs is 1. The zero-order valence-corrected chi connectivity index (χ0v) is 15.2. The van der Waals surface area contributed by atoms with Crippen molar-refractivity contribution < 1.29 is 13.2 Å². The molecule has 1 aromatic rings. The van der Waals surface area contributed by atoms with Gasteiger partial charge < -0.3 is 10.5 Å². The summed E-state index contributed by atoms with van der Waals surface area (Å²) >= 11 is 3.41. The van der Waals surface area contributed by atoms with Crippen molar-refractivity contribution in [2.24, 2.45) is 11.1 Å². The Morgan fingerprint density at radius 3 is 2.82 bits per heavy atom. The first-order chi connectivity index (χ1) is 10.2. The molecule has 1 atom stereocenters. The van der Waals surface area contributed by atoms with Gasteiger partial charge in [-0.2, -0.15) is 4.31 Å². The Bertz CT molecular complexity index is 703. The average Bonchev–Trinajstić information content (AvgIpc) is 2.88. The molecule has 2 aliphatic heterocycles. The molecule has 3 rings (SSSR count). The molecule has 2 heterocycles. The SMILES string of the molecule is CC1(C)CN(S(=O)(=O)c2cc(Br)cc3c2OCC3)CCC1N. The van der Waals surface area contributed by atoms with Gasteiger partial charge in [0.25, 0.3) is 0 Å². The third-order valence-electron chi connectivity index (χ3n) is 4.61. The van der Waals surface area contributed by atoms with Crippen LogP contribution >= 0.6 is 15.9 Å². The van der Waals surface area contributed by atoms with Gasteiger partial charge in [-0.1, -0.05) is 29.8 Å². The van der Waals surface area contributed by atoms with Gasteiger partial charge in [0.15, 0.2) is 0 Å². The van der Waals surface area contributed by atoms with Crippen LogP contribution in [0, 0.1) is 5.41 Å². The van der Waals surface area contributed by atoms with Crippen molar-refractivity contribution in [1.82, 2.24) is 4.31 Å². The zero-order chi connectivity index (χ0) is 16.1. The quantitative estimate of drug-likeness (QED) is 0.841. The third kappa shape index (κ3) is 2.68. The van der Waals surface area contributed by atoms with E-state index in [1.165, 1.54) is 0 Å². The lowest BCUT2D eigenvalue weighted by Gasteiger charge is -2.41. The molecular weight excluding hydrogens is 368 g/mol. The van der Waals surface area contributed by atoms with Crippen LogP contribution in [0.25, 0.3) is 0 Å². The van der Waals surface area contributed by atoms with Gasteiger partial charge >= 0.3 is 0 Å². The minimum Gasteiger partial charge on any atom is -0.492 e. The van der Waals surface area contributed by atoms with Crippen LogP contribution in [0.3, 0.4) is 0 Å². The van der Waals surface area contributed by atoms with Gasteiger partial charge in [0.1, 0.15) is 10.6 Å². The van der Waals surface area contributed by atoms with E-state index < -0.39 is 10.0 Å². The summed E-state index contributed by atoms with van der Waals surface area (Å²) in [7, 11) is -3.58. The predicted molar refractivity (Wildman–Crippen MR) is 88.5 cm³/mol. The van der Waals surface area contributed by atoms with Crippen LogP contribution in [0.5, 0.6) is 5.75 Å². The van der Waals surface area contributed by atoms with E-state index in [9.17, 15) is 8.42 Å². The molecule has 5 nitrogen and oxygen atoms in total. The second-order valence-electron chi connectivity index (χ2n) is 6.71. The summed E-state index contributed by atoms with van der Waals surface area (Å²) in [5.41, 5.74) is 6.83. The normalized spacial score (nSPS) is 24.8. The first-order valence-electron chi connectivity index (χ1n) is 7.43. The van der Waals surface area contributed by atoms with Gasteiger partial charge in [0.2, 0.25) is 10.0 Å². The molecule has 7 heteroatoms. The number of sulfonamides is 1. The van der Waals surface area contributed by atoms with Crippen molar-refractivity contribution in [2.45, 2.75) is 37.6 Å². The van der Waals surface area contributed by atoms with E-state index in [0.717, 1.165) is 16.5 Å². The second kappa shape index (κ2) is 5.47. The summed E-state index contributed by atoms with van der Waals surface area (Å²) in [4.78, 5) is 0.264. The number of hydrogen-bond acceptors (Lipinski definition) is 4. The second-order valence-corrected chi connectivity index (χ2v) is 9.54. The smallest absolute Gasteiger partial charge is 0.246 e. The van der Waals surface area contributed by atoms with Crippen molar-refractivity contribution in [3.8, 4) is 5.75 Å². The van der Waals surface area contributed by atoms with E-state index in [0.29, 0.717) is 31.9 Å². The molecule has 0 radical (unpaired) electrons. The fourth-order valence-corrected chi connectivity index (χ4v) is 5.58. The van der Waals surface area contributed by atoms with Crippen LogP contribution in [0.2, 0.25) is 0 Å². The molecule has 2 aliphatic rings. The highest BCUT2D eigenvalue weighted by Gasteiger charge is 2.40. The molecule has 122 valence electrons. The Kier molecular flexibility index (Phi) is 4.04. The van der Waals surface area contributed by atoms with Gasteiger partial charge in [-0.15, -0.1) is 0 Å². The standard InChI is InChI=1S/C15H21BrN2O3S/c1-15(2)9-18(5-3-13(15)17)22(19,20)12-8-11(16)7-10-4-6-21-14(10)12/h7-8,13H,3-6,9,17H2,1-2H3. The van der Waals surface area contributed by atoms with Crippen LogP contribution in [-0.4, -0.2) is 38.5 Å². The van der Waals surface area contributed by atoms with E-state index in [1.54, 1.807) is 10.4 Å². The van der Waals surface area contributed by atoms with Crippen molar-refractivity contribution in [3.05, 3.63) is 22.2 Å². The lowest BCUT2D eigenvalue weighted by molar-refractivity contribution is 0.155. The van der Waals surface area contributed by atoms with E-state index >= 15 is 0 Å². The zero-order valence-electron chi connectivity index (χ0n) is 12.8. The molecule has 1 aromatic carbocycles. The first kappa shape index (κ1) is 16.2. The maximum absolute atomic E-state index is 13.1. The molecule has 1 unspecified atom stereocenters. The molecule has 1 saturated heterocycles. The lowest BCUT2D eigenvalue weighted by atomic mass is 9.81. The van der Waals surface area contributed by atoms with Crippen molar-refractivity contribution >= 4 is 26.0 Å². The van der Waals surface area contributed by atoms with Gasteiger partial charge in [-0.25, -0.2) is 8.42 Å². The van der Waals surface area contributed by atoms with E-state index in [1.807, 2.05) is 19.9 Å². The Labute approximate surface area is 140 Å². The van der Waals surface area contributed by atoms with Crippen molar-refractivity contribution in [2.75, 3.05) is 19.7 Å². The topological polar surface area (TPSA) is 72.6 Å². The van der Waals surface area contributed by atoms with Crippen LogP contribution < -0.4 is 10.5 Å². The van der Waals surface area contributed by atoms with Gasteiger partial charge in [-0.3, -0.25) is 0 Å². The van der Waals surface area contributed by atoms with Crippen LogP contribution in [-0.2, 0) is 16.4 Å². The Balaban J connectivity index is 2.01. The number of halogens is 1. The number of nitrogens with two attached hydrogens (primary N) is 1.